The fourth-order valence-corrected chi connectivity index (χ4v) is 10.3. The van der Waals surface area contributed by atoms with Crippen molar-refractivity contribution in [1.29, 1.82) is 0 Å². The van der Waals surface area contributed by atoms with Crippen LogP contribution in [0.1, 0.15) is 11.1 Å². The van der Waals surface area contributed by atoms with Gasteiger partial charge < -0.3 is 4.42 Å². The minimum absolute atomic E-state index is 0.0550. The number of alkyl halides is 6. The van der Waals surface area contributed by atoms with E-state index in [9.17, 15) is 39.6 Å². The fourth-order valence-electron chi connectivity index (χ4n) is 4.96. The van der Waals surface area contributed by atoms with Crippen LogP contribution in [0.15, 0.2) is 150 Å². The quantitative estimate of drug-likeness (QED) is 0.130. The minimum atomic E-state index is -5.39. The van der Waals surface area contributed by atoms with Crippen molar-refractivity contribution in [2.45, 2.75) is 31.9 Å². The van der Waals surface area contributed by atoms with Crippen LogP contribution < -0.4 is 5.43 Å². The third-order valence-electron chi connectivity index (χ3n) is 7.07. The Bertz CT molecular complexity index is 2180. The summed E-state index contributed by atoms with van der Waals surface area (Å²) in [7, 11) is -8.92. The predicted octanol–water partition coefficient (Wildman–Crippen LogP) is 9.59. The van der Waals surface area contributed by atoms with Gasteiger partial charge in [-0.05, 0) is 83.1 Å². The summed E-state index contributed by atoms with van der Waals surface area (Å²) in [4.78, 5) is 12.8. The minimum Gasteiger partial charge on any atom is -0.456 e. The third kappa shape index (κ3) is 5.65. The van der Waals surface area contributed by atoms with E-state index in [0.29, 0.717) is 5.58 Å². The van der Waals surface area contributed by atoms with Crippen molar-refractivity contribution in [3.63, 3.8) is 0 Å². The molecule has 6 aromatic rings. The lowest BCUT2D eigenvalue weighted by Gasteiger charge is -2.39. The second-order valence-electron chi connectivity index (χ2n) is 10.0. The number of rotatable bonds is 6. The Morgan fingerprint density at radius 2 is 1.02 bits per heavy atom. The molecule has 5 aromatic carbocycles. The molecule has 1 heterocycles. The Balaban J connectivity index is 1.67. The topological polar surface area (TPSA) is 73.6 Å². The van der Waals surface area contributed by atoms with Crippen molar-refractivity contribution >= 4 is 42.4 Å². The summed E-state index contributed by atoms with van der Waals surface area (Å²) in [6.45, 7) is 0. The molecule has 5 nitrogen and oxygen atoms in total. The van der Waals surface area contributed by atoms with Gasteiger partial charge in [0.25, 0.3) is 0 Å². The third-order valence-corrected chi connectivity index (χ3v) is 12.2. The highest BCUT2D eigenvalue weighted by Crippen LogP contribution is 2.70. The monoisotopic (exact) mass is 674 g/mol. The van der Waals surface area contributed by atoms with Gasteiger partial charge >= 0.3 is 22.5 Å². The zero-order chi connectivity index (χ0) is 32.9. The van der Waals surface area contributed by atoms with Crippen LogP contribution in [0.4, 0.5) is 26.3 Å². The number of para-hydroxylation sites is 1. The summed E-state index contributed by atoms with van der Waals surface area (Å²) in [5, 5.41) is 0.295. The lowest BCUT2D eigenvalue weighted by atomic mass is 10.1. The normalized spacial score (nSPS) is 13.3. The van der Waals surface area contributed by atoms with E-state index in [4.69, 9.17) is 8.05 Å². The smallest absolute Gasteiger partial charge is 0.416 e. The summed E-state index contributed by atoms with van der Waals surface area (Å²) < 4.78 is 122. The first-order chi connectivity index (χ1) is 21.7. The maximum Gasteiger partial charge on any atom is 0.416 e. The highest BCUT2D eigenvalue weighted by molar-refractivity contribution is 8.33. The number of hydrogen-bond donors (Lipinski definition) is 0. The van der Waals surface area contributed by atoms with Crippen molar-refractivity contribution < 1.29 is 42.8 Å². The molecule has 0 N–H and O–H groups in total. The van der Waals surface area contributed by atoms with Gasteiger partial charge in [-0.15, -0.1) is 0 Å². The lowest BCUT2D eigenvalue weighted by Crippen LogP contribution is -2.17. The lowest BCUT2D eigenvalue weighted by molar-refractivity contribution is -0.143. The maximum atomic E-state index is 14.0. The zero-order valence-electron chi connectivity index (χ0n) is 23.2. The highest BCUT2D eigenvalue weighted by Gasteiger charge is 2.42. The zero-order valence-corrected chi connectivity index (χ0v) is 24.8. The molecule has 6 rings (SSSR count). The SMILES string of the molecule is O=c1c2ccccc2oc2ccc(S(OS(=O)(=O)c3cc(C(F)(F)F)cc(C(F)(F)F)c3)(c3ccccc3)c3ccccc3)cc12. The van der Waals surface area contributed by atoms with Crippen LogP contribution in [0, 0.1) is 0 Å². The van der Waals surface area contributed by atoms with E-state index in [1.54, 1.807) is 60.7 Å². The summed E-state index contributed by atoms with van der Waals surface area (Å²) >= 11 is 0. The Hall–Kier alpha value is -4.59. The molecular formula is C33H20F6O5S2. The average Bonchev–Trinajstić information content (AvgIpc) is 3.03. The molecule has 0 aliphatic heterocycles. The Labute approximate surface area is 259 Å². The largest absolute Gasteiger partial charge is 0.456 e. The van der Waals surface area contributed by atoms with Crippen molar-refractivity contribution in [1.82, 2.24) is 0 Å². The van der Waals surface area contributed by atoms with Crippen LogP contribution in [0.3, 0.4) is 0 Å². The number of fused-ring (bicyclic) bond motifs is 2. The molecule has 0 unspecified atom stereocenters. The highest BCUT2D eigenvalue weighted by atomic mass is 32.3. The van der Waals surface area contributed by atoms with E-state index in [1.807, 2.05) is 0 Å². The molecule has 0 aliphatic carbocycles. The first kappa shape index (κ1) is 31.4. The first-order valence-electron chi connectivity index (χ1n) is 13.3. The van der Waals surface area contributed by atoms with Crippen LogP contribution in [-0.4, -0.2) is 8.42 Å². The van der Waals surface area contributed by atoms with Gasteiger partial charge in [0.05, 0.1) is 26.8 Å². The molecule has 13 heteroatoms. The molecule has 236 valence electrons. The second-order valence-corrected chi connectivity index (χ2v) is 14.5. The standard InChI is InChI=1S/C33H20F6O5S2/c34-32(35,36)21-17-22(33(37,38)39)19-26(18-21)46(41,42)44-45(23-9-3-1-4-10-23,24-11-5-2-6-12-24)25-15-16-30-28(20-25)31(40)27-13-7-8-14-29(27)43-30/h1-20H. The molecule has 0 fully saturated rings. The van der Waals surface area contributed by atoms with Gasteiger partial charge in [-0.25, -0.2) is 3.63 Å². The van der Waals surface area contributed by atoms with Crippen molar-refractivity contribution in [2.75, 3.05) is 0 Å². The van der Waals surface area contributed by atoms with Crippen LogP contribution in [0.25, 0.3) is 21.9 Å². The van der Waals surface area contributed by atoms with E-state index >= 15 is 0 Å². The Morgan fingerprint density at radius 1 is 0.522 bits per heavy atom. The molecule has 0 aliphatic rings. The summed E-state index contributed by atoms with van der Waals surface area (Å²) in [6, 6.07) is 26.5. The van der Waals surface area contributed by atoms with Crippen molar-refractivity contribution in [3.05, 3.63) is 143 Å². The maximum absolute atomic E-state index is 14.0. The van der Waals surface area contributed by atoms with Crippen LogP contribution >= 0.6 is 10.3 Å². The van der Waals surface area contributed by atoms with Crippen molar-refractivity contribution in [3.8, 4) is 0 Å². The number of halogens is 6. The molecule has 0 spiro atoms. The van der Waals surface area contributed by atoms with E-state index in [-0.39, 0.29) is 49.2 Å². The molecule has 0 saturated carbocycles. The van der Waals surface area contributed by atoms with Crippen LogP contribution in [0.5, 0.6) is 0 Å². The van der Waals surface area contributed by atoms with Gasteiger partial charge in [0, 0.05) is 14.7 Å². The van der Waals surface area contributed by atoms with Crippen LogP contribution in [0.2, 0.25) is 0 Å². The van der Waals surface area contributed by atoms with E-state index < -0.39 is 54.2 Å². The van der Waals surface area contributed by atoms with E-state index in [0.717, 1.165) is 0 Å². The first-order valence-corrected chi connectivity index (χ1v) is 16.3. The van der Waals surface area contributed by atoms with Gasteiger partial charge in [-0.3, -0.25) is 4.79 Å². The molecule has 0 bridgehead atoms. The summed E-state index contributed by atoms with van der Waals surface area (Å²) in [5.74, 6) is 0. The molecule has 0 saturated heterocycles. The number of benzene rings is 5. The van der Waals surface area contributed by atoms with Gasteiger partial charge in [0.15, 0.2) is 0 Å². The average molecular weight is 675 g/mol. The Morgan fingerprint density at radius 3 is 1.57 bits per heavy atom. The molecule has 0 atom stereocenters. The molecule has 0 amide bonds. The Kier molecular flexibility index (Phi) is 7.74. The van der Waals surface area contributed by atoms with E-state index in [2.05, 4.69) is 0 Å². The summed E-state index contributed by atoms with van der Waals surface area (Å²) in [5.41, 5.74) is -3.61. The summed E-state index contributed by atoms with van der Waals surface area (Å²) in [6.07, 6.45) is -10.6. The van der Waals surface area contributed by atoms with Gasteiger partial charge in [-0.1, -0.05) is 48.5 Å². The second kappa shape index (κ2) is 11.3. The molecule has 1 aromatic heterocycles. The predicted molar refractivity (Wildman–Crippen MR) is 160 cm³/mol. The van der Waals surface area contributed by atoms with Gasteiger partial charge in [-0.2, -0.15) is 34.8 Å². The molecule has 0 radical (unpaired) electrons. The molecular weight excluding hydrogens is 654 g/mol. The fraction of sp³-hybridized carbons (Fsp3) is 0.0606. The molecule has 46 heavy (non-hydrogen) atoms. The van der Waals surface area contributed by atoms with E-state index in [1.165, 1.54) is 42.5 Å². The number of hydrogen-bond acceptors (Lipinski definition) is 5. The van der Waals surface area contributed by atoms with Gasteiger partial charge in [0.2, 0.25) is 5.43 Å². The van der Waals surface area contributed by atoms with Crippen LogP contribution in [-0.2, 0) is 26.1 Å². The van der Waals surface area contributed by atoms with Gasteiger partial charge in [0.1, 0.15) is 11.2 Å². The van der Waals surface area contributed by atoms with Crippen molar-refractivity contribution in [2.24, 2.45) is 0 Å².